The first-order valence-electron chi connectivity index (χ1n) is 9.49. The summed E-state index contributed by atoms with van der Waals surface area (Å²) in [6.45, 7) is 0.791. The van der Waals surface area contributed by atoms with Crippen LogP contribution in [-0.2, 0) is 14.3 Å². The molecule has 1 N–H and O–H groups in total. The molecule has 2 fully saturated rings. The molecule has 152 valence electrons. The summed E-state index contributed by atoms with van der Waals surface area (Å²) in [5.74, 6) is -0.0700. The van der Waals surface area contributed by atoms with Crippen LogP contribution in [-0.4, -0.2) is 62.6 Å². The van der Waals surface area contributed by atoms with E-state index >= 15 is 0 Å². The predicted molar refractivity (Wildman–Crippen MR) is 100 cm³/mol. The Morgan fingerprint density at radius 3 is 2.61 bits per heavy atom. The Kier molecular flexibility index (Phi) is 6.38. The zero-order chi connectivity index (χ0) is 20.1. The number of hydrogen-bond acceptors (Lipinski definition) is 6. The molecule has 1 unspecified atom stereocenters. The average Bonchev–Trinajstić information content (AvgIpc) is 3.55. The number of carbonyl (C=O) groups is 3. The van der Waals surface area contributed by atoms with E-state index in [1.54, 1.807) is 23.1 Å². The number of nitrogens with one attached hydrogen (secondary N) is 1. The molecule has 1 aliphatic carbocycles. The topological polar surface area (TPSA) is 94.2 Å². The smallest absolute Gasteiger partial charge is 0.343 e. The van der Waals surface area contributed by atoms with Crippen molar-refractivity contribution in [3.05, 3.63) is 23.8 Å². The van der Waals surface area contributed by atoms with Crippen LogP contribution >= 0.6 is 0 Å². The third kappa shape index (κ3) is 4.94. The van der Waals surface area contributed by atoms with E-state index in [0.717, 1.165) is 25.7 Å². The number of benzene rings is 1. The quantitative estimate of drug-likeness (QED) is 0.707. The first-order valence-corrected chi connectivity index (χ1v) is 9.49. The molecule has 1 saturated heterocycles. The molecule has 28 heavy (non-hydrogen) atoms. The molecule has 8 heteroatoms. The van der Waals surface area contributed by atoms with Crippen molar-refractivity contribution >= 4 is 17.8 Å². The van der Waals surface area contributed by atoms with Crippen molar-refractivity contribution in [2.45, 2.75) is 31.7 Å². The largest absolute Gasteiger partial charge is 0.493 e. The molecule has 2 amide bonds. The number of esters is 1. The van der Waals surface area contributed by atoms with Crippen LogP contribution in [0.1, 0.15) is 36.0 Å². The summed E-state index contributed by atoms with van der Waals surface area (Å²) in [7, 11) is 2.75. The SMILES string of the molecule is COC(=O)COc1ccc(C(=O)N2CCCC(C(=O)NC3CC3)C2)cc1OC. The Balaban J connectivity index is 1.65. The molecule has 3 rings (SSSR count). The van der Waals surface area contributed by atoms with E-state index in [1.807, 2.05) is 0 Å². The van der Waals surface area contributed by atoms with E-state index in [2.05, 4.69) is 10.1 Å². The van der Waals surface area contributed by atoms with Crippen molar-refractivity contribution in [3.63, 3.8) is 0 Å². The van der Waals surface area contributed by atoms with Crippen LogP contribution in [0.15, 0.2) is 18.2 Å². The van der Waals surface area contributed by atoms with Crippen molar-refractivity contribution < 1.29 is 28.6 Å². The first kappa shape index (κ1) is 20.0. The van der Waals surface area contributed by atoms with E-state index in [0.29, 0.717) is 36.2 Å². The third-order valence-corrected chi connectivity index (χ3v) is 4.99. The summed E-state index contributed by atoms with van der Waals surface area (Å²) in [5.41, 5.74) is 0.450. The molecule has 0 radical (unpaired) electrons. The van der Waals surface area contributed by atoms with Crippen LogP contribution < -0.4 is 14.8 Å². The molecular weight excluding hydrogens is 364 g/mol. The van der Waals surface area contributed by atoms with E-state index in [1.165, 1.54) is 14.2 Å². The normalized spacial score (nSPS) is 18.9. The average molecular weight is 390 g/mol. The molecule has 2 aliphatic rings. The Labute approximate surface area is 164 Å². The molecule has 0 spiro atoms. The van der Waals surface area contributed by atoms with E-state index < -0.39 is 5.97 Å². The van der Waals surface area contributed by atoms with Gasteiger partial charge >= 0.3 is 5.97 Å². The van der Waals surface area contributed by atoms with Gasteiger partial charge in [0.15, 0.2) is 18.1 Å². The highest BCUT2D eigenvalue weighted by Gasteiger charge is 2.32. The lowest BCUT2D eigenvalue weighted by Gasteiger charge is -2.32. The Hall–Kier alpha value is -2.77. The number of piperidine rings is 1. The summed E-state index contributed by atoms with van der Waals surface area (Å²) >= 11 is 0. The minimum atomic E-state index is -0.508. The fourth-order valence-corrected chi connectivity index (χ4v) is 3.22. The van der Waals surface area contributed by atoms with Gasteiger partial charge in [0.25, 0.3) is 5.91 Å². The van der Waals surface area contributed by atoms with Gasteiger partial charge in [-0.3, -0.25) is 9.59 Å². The summed E-state index contributed by atoms with van der Waals surface area (Å²) in [4.78, 5) is 38.2. The van der Waals surface area contributed by atoms with Gasteiger partial charge in [0, 0.05) is 24.7 Å². The lowest BCUT2D eigenvalue weighted by Crippen LogP contribution is -2.45. The number of rotatable bonds is 7. The van der Waals surface area contributed by atoms with E-state index in [-0.39, 0.29) is 24.3 Å². The molecule has 1 saturated carbocycles. The molecule has 1 aromatic rings. The first-order chi connectivity index (χ1) is 13.5. The molecule has 1 aliphatic heterocycles. The van der Waals surface area contributed by atoms with Gasteiger partial charge in [0.1, 0.15) is 0 Å². The van der Waals surface area contributed by atoms with Crippen molar-refractivity contribution in [3.8, 4) is 11.5 Å². The van der Waals surface area contributed by atoms with Crippen LogP contribution in [0.2, 0.25) is 0 Å². The van der Waals surface area contributed by atoms with Gasteiger partial charge in [-0.15, -0.1) is 0 Å². The lowest BCUT2D eigenvalue weighted by atomic mass is 9.96. The summed E-state index contributed by atoms with van der Waals surface area (Å²) in [6, 6.07) is 5.13. The number of ether oxygens (including phenoxy) is 3. The number of likely N-dealkylation sites (tertiary alicyclic amines) is 1. The van der Waals surface area contributed by atoms with Crippen LogP contribution in [0.25, 0.3) is 0 Å². The van der Waals surface area contributed by atoms with Crippen molar-refractivity contribution in [2.24, 2.45) is 5.92 Å². The minimum Gasteiger partial charge on any atom is -0.493 e. The molecule has 1 atom stereocenters. The maximum Gasteiger partial charge on any atom is 0.343 e. The number of carbonyl (C=O) groups excluding carboxylic acids is 3. The Morgan fingerprint density at radius 1 is 1.14 bits per heavy atom. The number of methoxy groups -OCH3 is 2. The standard InChI is InChI=1S/C20H26N2O6/c1-26-17-10-13(5-8-16(17)28-12-18(23)27-2)20(25)22-9-3-4-14(11-22)19(24)21-15-6-7-15/h5,8,10,14-15H,3-4,6-7,9,11-12H2,1-2H3,(H,21,24). The van der Waals surface area contributed by atoms with Gasteiger partial charge in [-0.25, -0.2) is 4.79 Å². The Morgan fingerprint density at radius 2 is 1.93 bits per heavy atom. The van der Waals surface area contributed by atoms with Gasteiger partial charge in [-0.2, -0.15) is 0 Å². The maximum atomic E-state index is 12.9. The van der Waals surface area contributed by atoms with Crippen molar-refractivity contribution in [2.75, 3.05) is 33.9 Å². The molecule has 0 bridgehead atoms. The molecule has 0 aromatic heterocycles. The highest BCUT2D eigenvalue weighted by Crippen LogP contribution is 2.29. The number of amides is 2. The number of nitrogens with zero attached hydrogens (tertiary/aromatic N) is 1. The highest BCUT2D eigenvalue weighted by molar-refractivity contribution is 5.95. The molecule has 1 heterocycles. The highest BCUT2D eigenvalue weighted by atomic mass is 16.6. The zero-order valence-corrected chi connectivity index (χ0v) is 16.2. The van der Waals surface area contributed by atoms with Crippen molar-refractivity contribution in [1.82, 2.24) is 10.2 Å². The van der Waals surface area contributed by atoms with Gasteiger partial charge < -0.3 is 24.4 Å². The second-order valence-corrected chi connectivity index (χ2v) is 7.10. The minimum absolute atomic E-state index is 0.0455. The van der Waals surface area contributed by atoms with Crippen molar-refractivity contribution in [1.29, 1.82) is 0 Å². The maximum absolute atomic E-state index is 12.9. The van der Waals surface area contributed by atoms with Crippen LogP contribution in [0.4, 0.5) is 0 Å². The second-order valence-electron chi connectivity index (χ2n) is 7.10. The second kappa shape index (κ2) is 8.95. The lowest BCUT2D eigenvalue weighted by molar-refractivity contribution is -0.143. The van der Waals surface area contributed by atoms with Gasteiger partial charge in [-0.05, 0) is 43.9 Å². The Bertz CT molecular complexity index is 746. The monoisotopic (exact) mass is 390 g/mol. The number of hydrogen-bond donors (Lipinski definition) is 1. The van der Waals surface area contributed by atoms with Crippen LogP contribution in [0.3, 0.4) is 0 Å². The van der Waals surface area contributed by atoms with Gasteiger partial charge in [0.05, 0.1) is 20.1 Å². The summed E-state index contributed by atoms with van der Waals surface area (Å²) in [6.07, 6.45) is 3.69. The molecule has 8 nitrogen and oxygen atoms in total. The summed E-state index contributed by atoms with van der Waals surface area (Å²) < 4.78 is 15.2. The van der Waals surface area contributed by atoms with Gasteiger partial charge in [-0.1, -0.05) is 0 Å². The molecule has 1 aromatic carbocycles. The van der Waals surface area contributed by atoms with Crippen LogP contribution in [0.5, 0.6) is 11.5 Å². The summed E-state index contributed by atoms with van der Waals surface area (Å²) in [5, 5.41) is 3.03. The predicted octanol–water partition coefficient (Wildman–Crippen LogP) is 1.38. The fraction of sp³-hybridized carbons (Fsp3) is 0.550. The molecular formula is C20H26N2O6. The van der Waals surface area contributed by atoms with Crippen LogP contribution in [0, 0.1) is 5.92 Å². The van der Waals surface area contributed by atoms with E-state index in [9.17, 15) is 14.4 Å². The van der Waals surface area contributed by atoms with E-state index in [4.69, 9.17) is 9.47 Å². The fourth-order valence-electron chi connectivity index (χ4n) is 3.22. The third-order valence-electron chi connectivity index (χ3n) is 4.99. The zero-order valence-electron chi connectivity index (χ0n) is 16.2. The van der Waals surface area contributed by atoms with Gasteiger partial charge in [0.2, 0.25) is 5.91 Å².